The van der Waals surface area contributed by atoms with Gasteiger partial charge in [-0.05, 0) is 6.08 Å². The lowest BCUT2D eigenvalue weighted by Gasteiger charge is -2.15. The highest BCUT2D eigenvalue weighted by atomic mass is 79.9. The number of rotatable bonds is 2. The summed E-state index contributed by atoms with van der Waals surface area (Å²) in [5.41, 5.74) is 0.597. The highest BCUT2D eigenvalue weighted by Crippen LogP contribution is 2.20. The highest BCUT2D eigenvalue weighted by Gasteiger charge is 2.41. The molecule has 94 valence electrons. The molecule has 0 spiro atoms. The van der Waals surface area contributed by atoms with Crippen LogP contribution in [0.25, 0.3) is 0 Å². The molecule has 1 aliphatic carbocycles. The Morgan fingerprint density at radius 3 is 2.94 bits per heavy atom. The molecule has 2 rings (SSSR count). The van der Waals surface area contributed by atoms with E-state index in [0.29, 0.717) is 5.71 Å². The summed E-state index contributed by atoms with van der Waals surface area (Å²) in [6, 6.07) is 0. The number of nitrogens with zero attached hydrogens (tertiary/aromatic N) is 1. The van der Waals surface area contributed by atoms with E-state index in [4.69, 9.17) is 0 Å². The third-order valence-electron chi connectivity index (χ3n) is 2.47. The fourth-order valence-electron chi connectivity index (χ4n) is 1.61. The summed E-state index contributed by atoms with van der Waals surface area (Å²) in [5.74, 6) is -1.31. The van der Waals surface area contributed by atoms with E-state index in [9.17, 15) is 14.4 Å². The summed E-state index contributed by atoms with van der Waals surface area (Å²) in [5, 5.41) is 0. The Kier molecular flexibility index (Phi) is 3.42. The third-order valence-corrected chi connectivity index (χ3v) is 3.04. The standard InChI is InChI=1S/C11H9BrNO5/c1-17-9(14)5-13-8-3-2-6(12)4-7(8)10(15)18-11(13)16/h2-4,6H,5H2,1H3/q+1. The number of ether oxygens (including phenoxy) is 2. The molecule has 1 unspecified atom stereocenters. The van der Waals surface area contributed by atoms with E-state index < -0.39 is 18.0 Å². The van der Waals surface area contributed by atoms with E-state index in [1.807, 2.05) is 0 Å². The Hall–Kier alpha value is -1.76. The summed E-state index contributed by atoms with van der Waals surface area (Å²) < 4.78 is 10.1. The van der Waals surface area contributed by atoms with Crippen molar-refractivity contribution in [3.63, 3.8) is 0 Å². The molecule has 0 saturated carbocycles. The Morgan fingerprint density at radius 2 is 2.28 bits per heavy atom. The summed E-state index contributed by atoms with van der Waals surface area (Å²) in [4.78, 5) is 34.2. The van der Waals surface area contributed by atoms with Crippen LogP contribution in [-0.4, -0.2) is 46.8 Å². The number of esters is 2. The maximum atomic E-state index is 11.6. The molecule has 0 aromatic rings. The maximum absolute atomic E-state index is 11.6. The SMILES string of the molecule is COC(=O)C[N+]1=C2C=CC(Br)C=C2C(=O)OC1=O. The van der Waals surface area contributed by atoms with Crippen molar-refractivity contribution < 1.29 is 28.4 Å². The molecule has 0 bridgehead atoms. The molecule has 0 saturated heterocycles. The fourth-order valence-corrected chi connectivity index (χ4v) is 2.03. The second kappa shape index (κ2) is 4.85. The number of hydrogen-bond acceptors (Lipinski definition) is 5. The monoisotopic (exact) mass is 314 g/mol. The highest BCUT2D eigenvalue weighted by molar-refractivity contribution is 9.09. The molecule has 1 atom stereocenters. The Balaban J connectivity index is 2.46. The zero-order chi connectivity index (χ0) is 13.3. The third kappa shape index (κ3) is 2.26. The van der Waals surface area contributed by atoms with Crippen LogP contribution in [0.1, 0.15) is 0 Å². The number of halogens is 1. The van der Waals surface area contributed by atoms with Gasteiger partial charge in [0.25, 0.3) is 6.54 Å². The van der Waals surface area contributed by atoms with Crippen LogP contribution in [0.5, 0.6) is 0 Å². The van der Waals surface area contributed by atoms with E-state index in [1.165, 1.54) is 7.11 Å². The average Bonchev–Trinajstić information content (AvgIpc) is 2.34. The number of cyclic esters (lactones) is 2. The second-order valence-electron chi connectivity index (χ2n) is 3.59. The average molecular weight is 315 g/mol. The van der Waals surface area contributed by atoms with Crippen molar-refractivity contribution in [3.8, 4) is 0 Å². The van der Waals surface area contributed by atoms with E-state index in [0.717, 1.165) is 4.58 Å². The summed E-state index contributed by atoms with van der Waals surface area (Å²) in [6.45, 7) is -0.299. The van der Waals surface area contributed by atoms with Crippen molar-refractivity contribution in [1.82, 2.24) is 0 Å². The van der Waals surface area contributed by atoms with Gasteiger partial charge in [0, 0.05) is 6.08 Å². The molecule has 7 heteroatoms. The molecular formula is C11H9BrNO5+. The van der Waals surface area contributed by atoms with E-state index in [1.54, 1.807) is 18.2 Å². The molecule has 1 amide bonds. The lowest BCUT2D eigenvalue weighted by molar-refractivity contribution is -0.436. The predicted octanol–water partition coefficient (Wildman–Crippen LogP) is 0.549. The smallest absolute Gasteiger partial charge is 0.464 e. The van der Waals surface area contributed by atoms with Crippen molar-refractivity contribution >= 4 is 39.7 Å². The van der Waals surface area contributed by atoms with Crippen molar-refractivity contribution in [2.45, 2.75) is 4.83 Å². The molecule has 1 aliphatic heterocycles. The Bertz CT molecular complexity index is 532. The molecule has 0 N–H and O–H groups in total. The topological polar surface area (TPSA) is 72.7 Å². The number of fused-ring (bicyclic) bond motifs is 1. The molecule has 1 heterocycles. The minimum Gasteiger partial charge on any atom is -0.464 e. The van der Waals surface area contributed by atoms with Gasteiger partial charge in [-0.15, -0.1) is 4.58 Å². The second-order valence-corrected chi connectivity index (χ2v) is 4.64. The first kappa shape index (κ1) is 12.7. The minimum absolute atomic E-state index is 0.114. The van der Waals surface area contributed by atoms with Crippen molar-refractivity contribution in [3.05, 3.63) is 23.8 Å². The number of carbonyl (C=O) groups is 3. The molecule has 0 fully saturated rings. The van der Waals surface area contributed by atoms with E-state index >= 15 is 0 Å². The predicted molar refractivity (Wildman–Crippen MR) is 63.6 cm³/mol. The van der Waals surface area contributed by atoms with Crippen LogP contribution in [0.3, 0.4) is 0 Å². The van der Waals surface area contributed by atoms with Gasteiger partial charge in [0.05, 0.1) is 11.9 Å². The first-order valence-corrected chi connectivity index (χ1v) is 5.96. The van der Waals surface area contributed by atoms with E-state index in [-0.39, 0.29) is 16.9 Å². The number of hydrogen-bond donors (Lipinski definition) is 0. The molecule has 2 aliphatic rings. The van der Waals surface area contributed by atoms with Crippen LogP contribution in [0.2, 0.25) is 0 Å². The van der Waals surface area contributed by atoms with Gasteiger partial charge in [0.1, 0.15) is 5.57 Å². The van der Waals surface area contributed by atoms with E-state index in [2.05, 4.69) is 25.4 Å². The number of allylic oxidation sites excluding steroid dienone is 3. The number of alkyl halides is 1. The number of amides is 1. The Morgan fingerprint density at radius 1 is 1.56 bits per heavy atom. The number of methoxy groups -OCH3 is 1. The van der Waals surface area contributed by atoms with Gasteiger partial charge >= 0.3 is 18.0 Å². The zero-order valence-corrected chi connectivity index (χ0v) is 11.0. The van der Waals surface area contributed by atoms with Gasteiger partial charge < -0.3 is 9.47 Å². The van der Waals surface area contributed by atoms with Crippen LogP contribution in [-0.2, 0) is 19.1 Å². The van der Waals surface area contributed by atoms with Gasteiger partial charge in [0.2, 0.25) is 5.71 Å². The molecule has 0 aromatic carbocycles. The normalized spacial score (nSPS) is 22.3. The van der Waals surface area contributed by atoms with Gasteiger partial charge in [-0.2, -0.15) is 4.79 Å². The lowest BCUT2D eigenvalue weighted by Crippen LogP contribution is -2.42. The summed E-state index contributed by atoms with van der Waals surface area (Å²) >= 11 is 3.30. The van der Waals surface area contributed by atoms with Gasteiger partial charge in [-0.3, -0.25) is 0 Å². The fraction of sp³-hybridized carbons (Fsp3) is 0.273. The summed E-state index contributed by atoms with van der Waals surface area (Å²) in [7, 11) is 1.22. The van der Waals surface area contributed by atoms with Crippen molar-refractivity contribution in [1.29, 1.82) is 0 Å². The van der Waals surface area contributed by atoms with Crippen LogP contribution in [0.4, 0.5) is 4.79 Å². The largest absolute Gasteiger partial charge is 0.605 e. The molecule has 0 aromatic heterocycles. The Labute approximate surface area is 111 Å². The first-order chi connectivity index (χ1) is 8.52. The van der Waals surface area contributed by atoms with Crippen LogP contribution in [0.15, 0.2) is 23.8 Å². The first-order valence-electron chi connectivity index (χ1n) is 5.05. The lowest BCUT2D eigenvalue weighted by atomic mass is 10.0. The minimum atomic E-state index is -0.879. The molecule has 6 nitrogen and oxygen atoms in total. The zero-order valence-electron chi connectivity index (χ0n) is 9.38. The van der Waals surface area contributed by atoms with Crippen LogP contribution < -0.4 is 0 Å². The van der Waals surface area contributed by atoms with Gasteiger partial charge in [-0.25, -0.2) is 9.59 Å². The quantitative estimate of drug-likeness (QED) is 0.322. The van der Waals surface area contributed by atoms with Gasteiger partial charge in [-0.1, -0.05) is 22.0 Å². The van der Waals surface area contributed by atoms with Crippen molar-refractivity contribution in [2.75, 3.05) is 13.7 Å². The van der Waals surface area contributed by atoms with Crippen LogP contribution >= 0.6 is 15.9 Å². The molecular weight excluding hydrogens is 306 g/mol. The molecule has 0 radical (unpaired) electrons. The summed E-state index contributed by atoms with van der Waals surface area (Å²) in [6.07, 6.45) is 4.06. The number of carbonyl (C=O) groups excluding carboxylic acids is 3. The van der Waals surface area contributed by atoms with Crippen LogP contribution in [0, 0.1) is 0 Å². The maximum Gasteiger partial charge on any atom is 0.605 e. The van der Waals surface area contributed by atoms with Gasteiger partial charge in [0.15, 0.2) is 0 Å². The molecule has 18 heavy (non-hydrogen) atoms. The van der Waals surface area contributed by atoms with Crippen molar-refractivity contribution in [2.24, 2.45) is 0 Å².